The van der Waals surface area contributed by atoms with Crippen molar-refractivity contribution in [1.82, 2.24) is 5.32 Å². The van der Waals surface area contributed by atoms with Crippen LogP contribution in [0.4, 0.5) is 5.69 Å². The normalized spacial score (nSPS) is 21.7. The van der Waals surface area contributed by atoms with Crippen molar-refractivity contribution < 1.29 is 9.59 Å². The molecule has 114 valence electrons. The van der Waals surface area contributed by atoms with E-state index in [1.165, 1.54) is 7.05 Å². The van der Waals surface area contributed by atoms with Crippen LogP contribution in [0.25, 0.3) is 0 Å². The van der Waals surface area contributed by atoms with Gasteiger partial charge in [-0.3, -0.25) is 9.59 Å². The summed E-state index contributed by atoms with van der Waals surface area (Å²) in [7, 11) is 1.54. The topological polar surface area (TPSA) is 84.2 Å². The second-order valence-electron chi connectivity index (χ2n) is 5.37. The van der Waals surface area contributed by atoms with Crippen molar-refractivity contribution in [1.29, 1.82) is 0 Å². The summed E-state index contributed by atoms with van der Waals surface area (Å²) in [5, 5.41) is 5.73. The summed E-state index contributed by atoms with van der Waals surface area (Å²) in [5.74, 6) is -0.309. The van der Waals surface area contributed by atoms with E-state index in [-0.39, 0.29) is 23.8 Å². The highest BCUT2D eigenvalue weighted by Gasteiger charge is 2.24. The molecule has 0 aliphatic heterocycles. The van der Waals surface area contributed by atoms with Gasteiger partial charge in [0.15, 0.2) is 0 Å². The van der Waals surface area contributed by atoms with Crippen molar-refractivity contribution in [2.24, 2.45) is 11.7 Å². The Morgan fingerprint density at radius 2 is 1.90 bits per heavy atom. The minimum Gasteiger partial charge on any atom is -0.355 e. The van der Waals surface area contributed by atoms with Crippen LogP contribution in [-0.2, 0) is 4.79 Å². The van der Waals surface area contributed by atoms with E-state index in [9.17, 15) is 9.59 Å². The lowest BCUT2D eigenvalue weighted by atomic mass is 9.86. The van der Waals surface area contributed by atoms with Crippen LogP contribution in [0, 0.1) is 5.92 Å². The molecular weight excluding hydrogens is 290 g/mol. The van der Waals surface area contributed by atoms with Crippen LogP contribution < -0.4 is 16.4 Å². The van der Waals surface area contributed by atoms with Crippen LogP contribution in [0.5, 0.6) is 0 Å². The van der Waals surface area contributed by atoms with Gasteiger partial charge >= 0.3 is 0 Å². The Balaban J connectivity index is 2.05. The fourth-order valence-corrected chi connectivity index (χ4v) is 2.74. The number of carbonyl (C=O) groups is 2. The number of nitrogens with one attached hydrogen (secondary N) is 2. The first-order valence-electron chi connectivity index (χ1n) is 7.09. The van der Waals surface area contributed by atoms with Gasteiger partial charge in [-0.05, 0) is 43.9 Å². The number of hydrogen-bond acceptors (Lipinski definition) is 3. The maximum atomic E-state index is 12.2. The van der Waals surface area contributed by atoms with Gasteiger partial charge in [-0.15, -0.1) is 0 Å². The van der Waals surface area contributed by atoms with E-state index in [2.05, 4.69) is 10.6 Å². The quantitative estimate of drug-likeness (QED) is 0.800. The Labute approximate surface area is 129 Å². The van der Waals surface area contributed by atoms with E-state index >= 15 is 0 Å². The van der Waals surface area contributed by atoms with E-state index in [1.54, 1.807) is 18.2 Å². The predicted molar refractivity (Wildman–Crippen MR) is 83.4 cm³/mol. The second-order valence-corrected chi connectivity index (χ2v) is 5.78. The number of amides is 2. The van der Waals surface area contributed by atoms with Gasteiger partial charge in [0.1, 0.15) is 0 Å². The maximum absolute atomic E-state index is 12.2. The fourth-order valence-electron chi connectivity index (χ4n) is 2.54. The van der Waals surface area contributed by atoms with Gasteiger partial charge in [0.2, 0.25) is 5.91 Å². The van der Waals surface area contributed by atoms with Crippen molar-refractivity contribution in [3.05, 3.63) is 28.8 Å². The molecule has 0 saturated heterocycles. The average Bonchev–Trinajstić information content (AvgIpc) is 2.49. The minimum atomic E-state index is -0.278. The third kappa shape index (κ3) is 3.95. The molecule has 2 rings (SSSR count). The van der Waals surface area contributed by atoms with Gasteiger partial charge < -0.3 is 16.4 Å². The maximum Gasteiger partial charge on any atom is 0.252 e. The molecule has 1 aromatic carbocycles. The monoisotopic (exact) mass is 309 g/mol. The van der Waals surface area contributed by atoms with Crippen LogP contribution in [0.15, 0.2) is 18.2 Å². The Morgan fingerprint density at radius 1 is 1.24 bits per heavy atom. The Morgan fingerprint density at radius 3 is 2.52 bits per heavy atom. The summed E-state index contributed by atoms with van der Waals surface area (Å²) in [4.78, 5) is 23.9. The zero-order valence-electron chi connectivity index (χ0n) is 12.0. The molecule has 1 saturated carbocycles. The first kappa shape index (κ1) is 15.8. The third-order valence-electron chi connectivity index (χ3n) is 3.85. The Bertz CT molecular complexity index is 540. The Hall–Kier alpha value is -1.59. The summed E-state index contributed by atoms with van der Waals surface area (Å²) in [6, 6.07) is 5.11. The van der Waals surface area contributed by atoms with Gasteiger partial charge in [-0.2, -0.15) is 0 Å². The van der Waals surface area contributed by atoms with Gasteiger partial charge in [0, 0.05) is 24.7 Å². The molecule has 1 aliphatic rings. The molecule has 0 radical (unpaired) electrons. The first-order chi connectivity index (χ1) is 10.0. The Kier molecular flexibility index (Phi) is 5.20. The van der Waals surface area contributed by atoms with E-state index in [4.69, 9.17) is 17.3 Å². The number of carbonyl (C=O) groups excluding carboxylic acids is 2. The molecule has 5 nitrogen and oxygen atoms in total. The van der Waals surface area contributed by atoms with Crippen molar-refractivity contribution in [2.75, 3.05) is 12.4 Å². The van der Waals surface area contributed by atoms with Gasteiger partial charge in [0.25, 0.3) is 5.91 Å². The van der Waals surface area contributed by atoms with E-state index in [0.717, 1.165) is 25.7 Å². The van der Waals surface area contributed by atoms with E-state index < -0.39 is 0 Å². The van der Waals surface area contributed by atoms with Crippen LogP contribution >= 0.6 is 11.6 Å². The molecule has 6 heteroatoms. The number of benzene rings is 1. The van der Waals surface area contributed by atoms with Crippen LogP contribution in [-0.4, -0.2) is 24.9 Å². The van der Waals surface area contributed by atoms with Crippen LogP contribution in [0.2, 0.25) is 5.02 Å². The fraction of sp³-hybridized carbons (Fsp3) is 0.467. The molecule has 1 fully saturated rings. The molecule has 21 heavy (non-hydrogen) atoms. The summed E-state index contributed by atoms with van der Waals surface area (Å²) >= 11 is 5.98. The summed E-state index contributed by atoms with van der Waals surface area (Å²) < 4.78 is 0. The SMILES string of the molecule is CNC(=O)c1cc(NC(=O)C2CCC(N)CC2)ccc1Cl. The molecule has 0 aromatic heterocycles. The van der Waals surface area contributed by atoms with Gasteiger partial charge in [-0.1, -0.05) is 11.6 Å². The van der Waals surface area contributed by atoms with E-state index in [1.807, 2.05) is 0 Å². The minimum absolute atomic E-state index is 0.0103. The molecule has 4 N–H and O–H groups in total. The average molecular weight is 310 g/mol. The smallest absolute Gasteiger partial charge is 0.252 e. The van der Waals surface area contributed by atoms with Crippen molar-refractivity contribution >= 4 is 29.1 Å². The summed E-state index contributed by atoms with van der Waals surface area (Å²) in [6.45, 7) is 0. The van der Waals surface area contributed by atoms with Crippen LogP contribution in [0.3, 0.4) is 0 Å². The molecule has 0 bridgehead atoms. The highest BCUT2D eigenvalue weighted by Crippen LogP contribution is 2.26. The zero-order valence-corrected chi connectivity index (χ0v) is 12.7. The standard InChI is InChI=1S/C15H20ClN3O2/c1-18-15(21)12-8-11(6-7-13(12)16)19-14(20)9-2-4-10(17)5-3-9/h6-10H,2-5,17H2,1H3,(H,18,21)(H,19,20). The van der Waals surface area contributed by atoms with E-state index in [0.29, 0.717) is 16.3 Å². The zero-order chi connectivity index (χ0) is 15.4. The second kappa shape index (κ2) is 6.91. The number of nitrogens with two attached hydrogens (primary N) is 1. The van der Waals surface area contributed by atoms with Crippen molar-refractivity contribution in [3.63, 3.8) is 0 Å². The molecule has 0 heterocycles. The lowest BCUT2D eigenvalue weighted by Crippen LogP contribution is -2.32. The highest BCUT2D eigenvalue weighted by atomic mass is 35.5. The molecule has 1 aliphatic carbocycles. The van der Waals surface area contributed by atoms with Gasteiger partial charge in [0.05, 0.1) is 10.6 Å². The highest BCUT2D eigenvalue weighted by molar-refractivity contribution is 6.34. The lowest BCUT2D eigenvalue weighted by Gasteiger charge is -2.25. The molecule has 0 spiro atoms. The molecule has 0 atom stereocenters. The molecule has 1 aromatic rings. The van der Waals surface area contributed by atoms with Crippen molar-refractivity contribution in [2.45, 2.75) is 31.7 Å². The summed E-state index contributed by atoms with van der Waals surface area (Å²) in [6.07, 6.45) is 3.37. The summed E-state index contributed by atoms with van der Waals surface area (Å²) in [5.41, 5.74) is 6.78. The largest absolute Gasteiger partial charge is 0.355 e. The number of hydrogen-bond donors (Lipinski definition) is 3. The third-order valence-corrected chi connectivity index (χ3v) is 4.18. The molecule has 0 unspecified atom stereocenters. The molecular formula is C15H20ClN3O2. The van der Waals surface area contributed by atoms with Crippen molar-refractivity contribution in [3.8, 4) is 0 Å². The number of halogens is 1. The number of anilines is 1. The molecule has 2 amide bonds. The number of rotatable bonds is 3. The predicted octanol–water partition coefficient (Wildman–Crippen LogP) is 2.16. The lowest BCUT2D eigenvalue weighted by molar-refractivity contribution is -0.120. The first-order valence-corrected chi connectivity index (χ1v) is 7.47. The van der Waals surface area contributed by atoms with Gasteiger partial charge in [-0.25, -0.2) is 0 Å². The van der Waals surface area contributed by atoms with Crippen LogP contribution in [0.1, 0.15) is 36.0 Å².